The summed E-state index contributed by atoms with van der Waals surface area (Å²) >= 11 is 0. The summed E-state index contributed by atoms with van der Waals surface area (Å²) < 4.78 is 72.4. The molecule has 0 aliphatic rings. The van der Waals surface area contributed by atoms with Crippen LogP contribution in [0, 0.1) is 11.8 Å². The lowest BCUT2D eigenvalue weighted by atomic mass is 9.90. The number of hydrogen-bond acceptors (Lipinski definition) is 0. The minimum absolute atomic E-state index is 0.202. The molecule has 0 aromatic heterocycles. The van der Waals surface area contributed by atoms with Crippen molar-refractivity contribution in [3.63, 3.8) is 0 Å². The van der Waals surface area contributed by atoms with E-state index in [2.05, 4.69) is 0 Å². The van der Waals surface area contributed by atoms with Crippen LogP contribution >= 0.6 is 0 Å². The Balaban J connectivity index is 4.16. The average molecular weight is 278 g/mol. The smallest absolute Gasteiger partial charge is 0.171 e. The van der Waals surface area contributed by atoms with Gasteiger partial charge in [0.1, 0.15) is 0 Å². The molecule has 0 bridgehead atoms. The molecule has 0 aliphatic carbocycles. The van der Waals surface area contributed by atoms with Gasteiger partial charge in [0.15, 0.2) is 0 Å². The summed E-state index contributed by atoms with van der Waals surface area (Å²) in [6.45, 7) is 3.81. The van der Waals surface area contributed by atoms with E-state index < -0.39 is 31.1 Å². The fourth-order valence-electron chi connectivity index (χ4n) is 1.74. The van der Waals surface area contributed by atoms with Crippen molar-refractivity contribution in [1.82, 2.24) is 0 Å². The van der Waals surface area contributed by atoms with Crippen molar-refractivity contribution in [3.05, 3.63) is 0 Å². The maximum atomic E-state index is 12.1. The summed E-state index contributed by atoms with van der Waals surface area (Å²) in [6.07, 6.45) is -9.85. The molecule has 0 fully saturated rings. The zero-order chi connectivity index (χ0) is 14.4. The van der Waals surface area contributed by atoms with Gasteiger partial charge in [0.2, 0.25) is 0 Å². The second kappa shape index (κ2) is 7.24. The van der Waals surface area contributed by atoms with Gasteiger partial charge in [0.25, 0.3) is 0 Å². The van der Waals surface area contributed by atoms with Crippen molar-refractivity contribution in [1.29, 1.82) is 0 Å². The van der Waals surface area contributed by atoms with Gasteiger partial charge in [-0.2, -0.15) is 26.3 Å². The molecule has 0 N–H and O–H groups in total. The Morgan fingerprint density at radius 1 is 0.667 bits per heavy atom. The van der Waals surface area contributed by atoms with Crippen LogP contribution in [-0.4, -0.2) is 12.4 Å². The van der Waals surface area contributed by atoms with E-state index in [1.807, 2.05) is 13.8 Å². The lowest BCUT2D eigenvalue weighted by molar-refractivity contribution is -0.143. The van der Waals surface area contributed by atoms with Gasteiger partial charge in [-0.05, 0) is 24.7 Å². The van der Waals surface area contributed by atoms with Crippen LogP contribution in [0.3, 0.4) is 0 Å². The third-order valence-electron chi connectivity index (χ3n) is 2.82. The van der Waals surface area contributed by atoms with Crippen molar-refractivity contribution in [2.24, 2.45) is 11.8 Å². The quantitative estimate of drug-likeness (QED) is 0.522. The Bertz CT molecular complexity index is 198. The third-order valence-corrected chi connectivity index (χ3v) is 2.82. The van der Waals surface area contributed by atoms with E-state index in [4.69, 9.17) is 0 Å². The highest BCUT2D eigenvalue weighted by Crippen LogP contribution is 2.32. The fourth-order valence-corrected chi connectivity index (χ4v) is 1.74. The second-order valence-electron chi connectivity index (χ2n) is 5.14. The van der Waals surface area contributed by atoms with Gasteiger partial charge in [-0.25, -0.2) is 0 Å². The van der Waals surface area contributed by atoms with Crippen LogP contribution in [-0.2, 0) is 0 Å². The molecule has 0 saturated heterocycles. The lowest BCUT2D eigenvalue weighted by Gasteiger charge is -2.19. The van der Waals surface area contributed by atoms with Crippen LogP contribution < -0.4 is 0 Å². The molecular formula is C12H20F6. The minimum atomic E-state index is -4.28. The first-order valence-corrected chi connectivity index (χ1v) is 6.13. The first-order valence-electron chi connectivity index (χ1n) is 6.13. The zero-order valence-corrected chi connectivity index (χ0v) is 10.7. The normalized spacial score (nSPS) is 13.7. The maximum absolute atomic E-state index is 12.1. The SMILES string of the molecule is CC(C)CCC(CCC(F)(F)F)CCC(F)(F)F. The molecule has 0 amide bonds. The van der Waals surface area contributed by atoms with E-state index in [1.54, 1.807) is 0 Å². The van der Waals surface area contributed by atoms with Crippen LogP contribution in [0.1, 0.15) is 52.4 Å². The van der Waals surface area contributed by atoms with Crippen molar-refractivity contribution >= 4 is 0 Å². The molecule has 0 rings (SSSR count). The van der Waals surface area contributed by atoms with Gasteiger partial charge < -0.3 is 0 Å². The van der Waals surface area contributed by atoms with Crippen LogP contribution in [0.5, 0.6) is 0 Å². The maximum Gasteiger partial charge on any atom is 0.389 e. The van der Waals surface area contributed by atoms with Gasteiger partial charge in [0, 0.05) is 12.8 Å². The number of halogens is 6. The van der Waals surface area contributed by atoms with Gasteiger partial charge in [-0.1, -0.05) is 26.7 Å². The molecule has 0 unspecified atom stereocenters. The third kappa shape index (κ3) is 12.0. The van der Waals surface area contributed by atoms with Gasteiger partial charge >= 0.3 is 12.4 Å². The molecule has 110 valence electrons. The summed E-state index contributed by atoms with van der Waals surface area (Å²) in [4.78, 5) is 0. The number of hydrogen-bond donors (Lipinski definition) is 0. The molecule has 0 radical (unpaired) electrons. The predicted molar refractivity (Wildman–Crippen MR) is 58.1 cm³/mol. The Kier molecular flexibility index (Phi) is 7.07. The molecule has 0 aliphatic heterocycles. The highest BCUT2D eigenvalue weighted by atomic mass is 19.4. The van der Waals surface area contributed by atoms with Crippen LogP contribution in [0.15, 0.2) is 0 Å². The molecule has 0 atom stereocenters. The average Bonchev–Trinajstić information content (AvgIpc) is 2.13. The molecule has 6 heteroatoms. The summed E-state index contributed by atoms with van der Waals surface area (Å²) in [5.41, 5.74) is 0. The Morgan fingerprint density at radius 2 is 1.06 bits per heavy atom. The molecule has 0 aromatic rings. The summed E-state index contributed by atoms with van der Waals surface area (Å²) in [7, 11) is 0. The largest absolute Gasteiger partial charge is 0.389 e. The van der Waals surface area contributed by atoms with E-state index in [0.717, 1.165) is 0 Å². The lowest BCUT2D eigenvalue weighted by Crippen LogP contribution is -2.15. The number of alkyl halides is 6. The summed E-state index contributed by atoms with van der Waals surface area (Å²) in [5, 5.41) is 0. The van der Waals surface area contributed by atoms with Gasteiger partial charge in [0.05, 0.1) is 0 Å². The highest BCUT2D eigenvalue weighted by Gasteiger charge is 2.31. The molecule has 18 heavy (non-hydrogen) atoms. The summed E-state index contributed by atoms with van der Waals surface area (Å²) in [6, 6.07) is 0. The van der Waals surface area contributed by atoms with Gasteiger partial charge in [-0.15, -0.1) is 0 Å². The van der Waals surface area contributed by atoms with Crippen LogP contribution in [0.2, 0.25) is 0 Å². The van der Waals surface area contributed by atoms with Crippen molar-refractivity contribution < 1.29 is 26.3 Å². The van der Waals surface area contributed by atoms with E-state index in [0.29, 0.717) is 18.8 Å². The highest BCUT2D eigenvalue weighted by molar-refractivity contribution is 4.66. The molecule has 0 aromatic carbocycles. The monoisotopic (exact) mass is 278 g/mol. The molecule has 0 spiro atoms. The second-order valence-corrected chi connectivity index (χ2v) is 5.14. The van der Waals surface area contributed by atoms with Gasteiger partial charge in [-0.3, -0.25) is 0 Å². The zero-order valence-electron chi connectivity index (χ0n) is 10.7. The topological polar surface area (TPSA) is 0 Å². The van der Waals surface area contributed by atoms with Crippen molar-refractivity contribution in [3.8, 4) is 0 Å². The van der Waals surface area contributed by atoms with Crippen LogP contribution in [0.25, 0.3) is 0 Å². The predicted octanol–water partition coefficient (Wildman–Crippen LogP) is 5.72. The standard InChI is InChI=1S/C12H20F6/c1-9(2)3-4-10(5-7-11(13,14)15)6-8-12(16,17)18/h9-10H,3-8H2,1-2H3. The molecule has 0 heterocycles. The Hall–Kier alpha value is -0.420. The minimum Gasteiger partial charge on any atom is -0.171 e. The molecular weight excluding hydrogens is 258 g/mol. The van der Waals surface area contributed by atoms with Crippen LogP contribution in [0.4, 0.5) is 26.3 Å². The fraction of sp³-hybridized carbons (Fsp3) is 1.00. The molecule has 0 nitrogen and oxygen atoms in total. The Morgan fingerprint density at radius 3 is 1.33 bits per heavy atom. The number of rotatable bonds is 7. The molecule has 0 saturated carbocycles. The van der Waals surface area contributed by atoms with Crippen molar-refractivity contribution in [2.75, 3.05) is 0 Å². The first-order chi connectivity index (χ1) is 7.99. The van der Waals surface area contributed by atoms with E-state index in [9.17, 15) is 26.3 Å². The first kappa shape index (κ1) is 17.6. The van der Waals surface area contributed by atoms with Crippen molar-refractivity contribution in [2.45, 2.75) is 64.7 Å². The van der Waals surface area contributed by atoms with E-state index in [-0.39, 0.29) is 12.8 Å². The van der Waals surface area contributed by atoms with E-state index >= 15 is 0 Å². The Labute approximate surface area is 104 Å². The van der Waals surface area contributed by atoms with E-state index in [1.165, 1.54) is 0 Å². The summed E-state index contributed by atoms with van der Waals surface area (Å²) in [5.74, 6) is -0.195.